The van der Waals surface area contributed by atoms with Crippen molar-refractivity contribution in [3.05, 3.63) is 30.1 Å². The topological polar surface area (TPSA) is 33.1 Å². The molecule has 1 atom stereocenters. The van der Waals surface area contributed by atoms with E-state index in [1.807, 2.05) is 18.2 Å². The Bertz CT molecular complexity index is 199. The van der Waals surface area contributed by atoms with Gasteiger partial charge in [0.05, 0.1) is 6.61 Å². The lowest BCUT2D eigenvalue weighted by molar-refractivity contribution is 0.273. The second kappa shape index (κ2) is 4.36. The number of nitrogens with zero attached hydrogens (tertiary/aromatic N) is 1. The summed E-state index contributed by atoms with van der Waals surface area (Å²) in [6.07, 6.45) is 1.72. The average molecular weight is 169 g/mol. The summed E-state index contributed by atoms with van der Waals surface area (Å²) in [5, 5.41) is 8.89. The molecule has 1 aromatic heterocycles. The lowest BCUT2D eigenvalue weighted by atomic mass is 10.1. The molecule has 1 heterocycles. The number of aliphatic hydroxyl groups is 1. The molecule has 0 aliphatic heterocycles. The first-order valence-electron chi connectivity index (χ1n) is 3.51. The van der Waals surface area contributed by atoms with Crippen molar-refractivity contribution in [2.24, 2.45) is 0 Å². The molecule has 1 unspecified atom stereocenters. The summed E-state index contributed by atoms with van der Waals surface area (Å²) in [6.45, 7) is 0.112. The van der Waals surface area contributed by atoms with Gasteiger partial charge in [-0.3, -0.25) is 4.98 Å². The quantitative estimate of drug-likeness (QED) is 0.664. The highest BCUT2D eigenvalue weighted by molar-refractivity contribution is 7.80. The Balaban J connectivity index is 2.74. The third-order valence-electron chi connectivity index (χ3n) is 1.55. The molecule has 11 heavy (non-hydrogen) atoms. The molecule has 0 spiro atoms. The van der Waals surface area contributed by atoms with Crippen LogP contribution in [0.5, 0.6) is 0 Å². The van der Waals surface area contributed by atoms with Gasteiger partial charge in [-0.15, -0.1) is 0 Å². The Hall–Kier alpha value is -0.540. The molecule has 0 saturated carbocycles. The van der Waals surface area contributed by atoms with Crippen molar-refractivity contribution in [1.29, 1.82) is 0 Å². The van der Waals surface area contributed by atoms with E-state index in [1.165, 1.54) is 0 Å². The van der Waals surface area contributed by atoms with Gasteiger partial charge in [0.25, 0.3) is 0 Å². The molecular weight excluding hydrogens is 158 g/mol. The summed E-state index contributed by atoms with van der Waals surface area (Å²) in [7, 11) is 0. The number of aliphatic hydroxyl groups excluding tert-OH is 1. The van der Waals surface area contributed by atoms with Crippen LogP contribution < -0.4 is 0 Å². The van der Waals surface area contributed by atoms with Crippen LogP contribution in [0.1, 0.15) is 11.6 Å². The van der Waals surface area contributed by atoms with Gasteiger partial charge in [0, 0.05) is 23.6 Å². The lowest BCUT2D eigenvalue weighted by Gasteiger charge is -2.08. The number of thiol groups is 1. The molecule has 0 aliphatic rings. The summed E-state index contributed by atoms with van der Waals surface area (Å²) in [5.41, 5.74) is 0.907. The fourth-order valence-corrected chi connectivity index (χ4v) is 1.16. The van der Waals surface area contributed by atoms with Crippen LogP contribution in [-0.2, 0) is 0 Å². The Morgan fingerprint density at radius 2 is 2.36 bits per heavy atom. The lowest BCUT2D eigenvalue weighted by Crippen LogP contribution is -2.07. The van der Waals surface area contributed by atoms with Crippen LogP contribution in [0.15, 0.2) is 24.4 Å². The average Bonchev–Trinajstić information content (AvgIpc) is 2.09. The predicted molar refractivity (Wildman–Crippen MR) is 47.9 cm³/mol. The standard InChI is InChI=1S/C8H11NOS/c10-5-7(6-11)8-3-1-2-4-9-8/h1-4,7,10-11H,5-6H2. The minimum atomic E-state index is 0.0690. The third kappa shape index (κ3) is 2.20. The van der Waals surface area contributed by atoms with Crippen LogP contribution in [0.4, 0.5) is 0 Å². The van der Waals surface area contributed by atoms with Crippen LogP contribution in [0, 0.1) is 0 Å². The molecule has 3 heteroatoms. The maximum atomic E-state index is 8.89. The highest BCUT2D eigenvalue weighted by Crippen LogP contribution is 2.12. The van der Waals surface area contributed by atoms with Gasteiger partial charge in [0.1, 0.15) is 0 Å². The summed E-state index contributed by atoms with van der Waals surface area (Å²) in [6, 6.07) is 5.67. The third-order valence-corrected chi connectivity index (χ3v) is 1.99. The van der Waals surface area contributed by atoms with Crippen LogP contribution in [0.2, 0.25) is 0 Å². The van der Waals surface area contributed by atoms with E-state index in [1.54, 1.807) is 6.20 Å². The summed E-state index contributed by atoms with van der Waals surface area (Å²) >= 11 is 4.11. The summed E-state index contributed by atoms with van der Waals surface area (Å²) < 4.78 is 0. The second-order valence-corrected chi connectivity index (χ2v) is 2.68. The van der Waals surface area contributed by atoms with Crippen molar-refractivity contribution in [2.75, 3.05) is 12.4 Å². The van der Waals surface area contributed by atoms with Crippen molar-refractivity contribution >= 4 is 12.6 Å². The summed E-state index contributed by atoms with van der Waals surface area (Å²) in [5.74, 6) is 0.701. The first-order chi connectivity index (χ1) is 5.38. The maximum absolute atomic E-state index is 8.89. The zero-order valence-corrected chi connectivity index (χ0v) is 7.04. The van der Waals surface area contributed by atoms with E-state index in [0.29, 0.717) is 5.75 Å². The normalized spacial score (nSPS) is 12.9. The number of hydrogen-bond donors (Lipinski definition) is 2. The predicted octanol–water partition coefficient (Wildman–Crippen LogP) is 1.09. The van der Waals surface area contributed by atoms with Crippen molar-refractivity contribution in [3.63, 3.8) is 0 Å². The van der Waals surface area contributed by atoms with Crippen LogP contribution in [0.3, 0.4) is 0 Å². The number of pyridine rings is 1. The van der Waals surface area contributed by atoms with Crippen LogP contribution in [0.25, 0.3) is 0 Å². The van der Waals surface area contributed by atoms with E-state index in [0.717, 1.165) is 5.69 Å². The van der Waals surface area contributed by atoms with Crippen LogP contribution in [-0.4, -0.2) is 22.5 Å². The molecule has 1 N–H and O–H groups in total. The SMILES string of the molecule is OCC(CS)c1ccccn1. The van der Waals surface area contributed by atoms with E-state index in [4.69, 9.17) is 5.11 Å². The van der Waals surface area contributed by atoms with Gasteiger partial charge in [0.15, 0.2) is 0 Å². The van der Waals surface area contributed by atoms with Crippen LogP contribution >= 0.6 is 12.6 Å². The highest BCUT2D eigenvalue weighted by atomic mass is 32.1. The van der Waals surface area contributed by atoms with Crippen molar-refractivity contribution < 1.29 is 5.11 Å². The van der Waals surface area contributed by atoms with Gasteiger partial charge in [-0.1, -0.05) is 6.07 Å². The maximum Gasteiger partial charge on any atom is 0.0522 e. The first kappa shape index (κ1) is 8.56. The number of rotatable bonds is 3. The fourth-order valence-electron chi connectivity index (χ4n) is 0.862. The van der Waals surface area contributed by atoms with Gasteiger partial charge < -0.3 is 5.11 Å². The Labute approximate surface area is 71.7 Å². The smallest absolute Gasteiger partial charge is 0.0522 e. The molecule has 0 saturated heterocycles. The van der Waals surface area contributed by atoms with E-state index in [2.05, 4.69) is 17.6 Å². The molecular formula is C8H11NOS. The fraction of sp³-hybridized carbons (Fsp3) is 0.375. The van der Waals surface area contributed by atoms with Crippen molar-refractivity contribution in [1.82, 2.24) is 4.98 Å². The number of aromatic nitrogens is 1. The van der Waals surface area contributed by atoms with E-state index in [-0.39, 0.29) is 12.5 Å². The van der Waals surface area contributed by atoms with Gasteiger partial charge in [-0.2, -0.15) is 12.6 Å². The molecule has 0 fully saturated rings. The molecule has 0 bridgehead atoms. The van der Waals surface area contributed by atoms with Gasteiger partial charge >= 0.3 is 0 Å². The second-order valence-electron chi connectivity index (χ2n) is 2.32. The molecule has 0 aromatic carbocycles. The van der Waals surface area contributed by atoms with Crippen molar-refractivity contribution in [2.45, 2.75) is 5.92 Å². The van der Waals surface area contributed by atoms with Gasteiger partial charge in [-0.25, -0.2) is 0 Å². The van der Waals surface area contributed by atoms with Gasteiger partial charge in [-0.05, 0) is 12.1 Å². The van der Waals surface area contributed by atoms with Crippen molar-refractivity contribution in [3.8, 4) is 0 Å². The molecule has 1 rings (SSSR count). The highest BCUT2D eigenvalue weighted by Gasteiger charge is 2.07. The molecule has 0 aliphatic carbocycles. The van der Waals surface area contributed by atoms with E-state index >= 15 is 0 Å². The Morgan fingerprint density at radius 3 is 2.82 bits per heavy atom. The Morgan fingerprint density at radius 1 is 1.55 bits per heavy atom. The monoisotopic (exact) mass is 169 g/mol. The van der Waals surface area contributed by atoms with Gasteiger partial charge in [0.2, 0.25) is 0 Å². The largest absolute Gasteiger partial charge is 0.396 e. The Kier molecular flexibility index (Phi) is 3.39. The minimum Gasteiger partial charge on any atom is -0.396 e. The zero-order valence-electron chi connectivity index (χ0n) is 6.14. The molecule has 0 radical (unpaired) electrons. The number of hydrogen-bond acceptors (Lipinski definition) is 3. The zero-order chi connectivity index (χ0) is 8.10. The van der Waals surface area contributed by atoms with E-state index in [9.17, 15) is 0 Å². The summed E-state index contributed by atoms with van der Waals surface area (Å²) in [4.78, 5) is 4.11. The molecule has 2 nitrogen and oxygen atoms in total. The minimum absolute atomic E-state index is 0.0690. The van der Waals surface area contributed by atoms with E-state index < -0.39 is 0 Å². The molecule has 0 amide bonds. The molecule has 1 aromatic rings. The first-order valence-corrected chi connectivity index (χ1v) is 4.14. The molecule has 60 valence electrons.